The summed E-state index contributed by atoms with van der Waals surface area (Å²) in [5.74, 6) is 0.230. The van der Waals surface area contributed by atoms with Crippen LogP contribution in [0.5, 0.6) is 0 Å². The molecule has 1 heterocycles. The van der Waals surface area contributed by atoms with E-state index >= 15 is 0 Å². The average molecular weight is 473 g/mol. The van der Waals surface area contributed by atoms with Crippen LogP contribution < -0.4 is 10.6 Å². The molecule has 0 amide bonds. The number of guanidine groups is 1. The highest BCUT2D eigenvalue weighted by molar-refractivity contribution is 14.0. The van der Waals surface area contributed by atoms with Crippen molar-refractivity contribution in [3.05, 3.63) is 51.2 Å². The second kappa shape index (κ2) is 11.0. The molecule has 0 unspecified atom stereocenters. The van der Waals surface area contributed by atoms with E-state index in [9.17, 15) is 4.39 Å². The fourth-order valence-electron chi connectivity index (χ4n) is 2.02. The fraction of sp³-hybridized carbons (Fsp3) is 0.353. The van der Waals surface area contributed by atoms with Gasteiger partial charge in [0.05, 0.1) is 24.7 Å². The SMILES string of the molecule is CCNC(=NCc1cc(C#N)ccc1F)NCc1ncc(CC)s1.I. The van der Waals surface area contributed by atoms with Gasteiger partial charge < -0.3 is 10.6 Å². The lowest BCUT2D eigenvalue weighted by Crippen LogP contribution is -2.36. The number of rotatable bonds is 6. The first-order valence-corrected chi connectivity index (χ1v) is 8.62. The summed E-state index contributed by atoms with van der Waals surface area (Å²) in [5, 5.41) is 16.2. The second-order valence-electron chi connectivity index (χ2n) is 5.04. The fourth-order valence-corrected chi connectivity index (χ4v) is 2.83. The minimum Gasteiger partial charge on any atom is -0.357 e. The van der Waals surface area contributed by atoms with E-state index in [1.165, 1.54) is 23.1 Å². The van der Waals surface area contributed by atoms with Gasteiger partial charge in [-0.25, -0.2) is 14.4 Å². The third-order valence-corrected chi connectivity index (χ3v) is 4.43. The van der Waals surface area contributed by atoms with E-state index in [1.807, 2.05) is 19.2 Å². The highest BCUT2D eigenvalue weighted by Crippen LogP contribution is 2.13. The molecule has 0 saturated carbocycles. The van der Waals surface area contributed by atoms with Gasteiger partial charge in [-0.2, -0.15) is 5.26 Å². The number of thiazole rings is 1. The van der Waals surface area contributed by atoms with Crippen LogP contribution in [0.2, 0.25) is 0 Å². The van der Waals surface area contributed by atoms with Gasteiger partial charge in [0, 0.05) is 23.2 Å². The van der Waals surface area contributed by atoms with Crippen molar-refractivity contribution < 1.29 is 4.39 Å². The van der Waals surface area contributed by atoms with Gasteiger partial charge in [0.15, 0.2) is 5.96 Å². The monoisotopic (exact) mass is 473 g/mol. The van der Waals surface area contributed by atoms with Crippen LogP contribution in [0.25, 0.3) is 0 Å². The number of nitrogens with one attached hydrogen (secondary N) is 2. The number of nitriles is 1. The van der Waals surface area contributed by atoms with E-state index in [0.29, 0.717) is 30.2 Å². The van der Waals surface area contributed by atoms with Crippen molar-refractivity contribution >= 4 is 41.3 Å². The topological polar surface area (TPSA) is 73.1 Å². The van der Waals surface area contributed by atoms with Crippen molar-refractivity contribution in [1.82, 2.24) is 15.6 Å². The summed E-state index contributed by atoms with van der Waals surface area (Å²) in [6.07, 6.45) is 2.86. The summed E-state index contributed by atoms with van der Waals surface area (Å²) >= 11 is 1.66. The summed E-state index contributed by atoms with van der Waals surface area (Å²) in [7, 11) is 0. The Labute approximate surface area is 168 Å². The number of hydrogen-bond donors (Lipinski definition) is 2. The van der Waals surface area contributed by atoms with Gasteiger partial charge in [-0.1, -0.05) is 6.92 Å². The largest absolute Gasteiger partial charge is 0.357 e. The minimum absolute atomic E-state index is 0. The summed E-state index contributed by atoms with van der Waals surface area (Å²) in [6, 6.07) is 6.29. The molecule has 0 radical (unpaired) electrons. The molecule has 1 aromatic heterocycles. The van der Waals surface area contributed by atoms with Crippen LogP contribution in [-0.4, -0.2) is 17.5 Å². The van der Waals surface area contributed by atoms with Crippen molar-refractivity contribution in [1.29, 1.82) is 5.26 Å². The van der Waals surface area contributed by atoms with Gasteiger partial charge in [0.25, 0.3) is 0 Å². The van der Waals surface area contributed by atoms with E-state index < -0.39 is 0 Å². The van der Waals surface area contributed by atoms with Crippen LogP contribution in [0.4, 0.5) is 4.39 Å². The lowest BCUT2D eigenvalue weighted by atomic mass is 10.1. The van der Waals surface area contributed by atoms with Crippen molar-refractivity contribution in [3.63, 3.8) is 0 Å². The number of aliphatic imine (C=N–C) groups is 1. The molecule has 0 aliphatic carbocycles. The van der Waals surface area contributed by atoms with Crippen molar-refractivity contribution in [2.24, 2.45) is 4.99 Å². The zero-order chi connectivity index (χ0) is 17.4. The van der Waals surface area contributed by atoms with Crippen molar-refractivity contribution in [3.8, 4) is 6.07 Å². The number of hydrogen-bond acceptors (Lipinski definition) is 4. The second-order valence-corrected chi connectivity index (χ2v) is 6.24. The molecule has 0 fully saturated rings. The van der Waals surface area contributed by atoms with E-state index in [4.69, 9.17) is 5.26 Å². The molecule has 2 N–H and O–H groups in total. The van der Waals surface area contributed by atoms with E-state index in [1.54, 1.807) is 11.3 Å². The van der Waals surface area contributed by atoms with Gasteiger partial charge in [0.1, 0.15) is 10.8 Å². The van der Waals surface area contributed by atoms with Gasteiger partial charge in [-0.3, -0.25) is 0 Å². The summed E-state index contributed by atoms with van der Waals surface area (Å²) in [4.78, 5) is 9.98. The smallest absolute Gasteiger partial charge is 0.191 e. The van der Waals surface area contributed by atoms with Gasteiger partial charge >= 0.3 is 0 Å². The van der Waals surface area contributed by atoms with E-state index in [2.05, 4.69) is 27.5 Å². The first kappa shape index (κ1) is 21.3. The maximum Gasteiger partial charge on any atom is 0.191 e. The van der Waals surface area contributed by atoms with Gasteiger partial charge in [0.2, 0.25) is 0 Å². The predicted octanol–water partition coefficient (Wildman–Crippen LogP) is 3.59. The Kier molecular flexibility index (Phi) is 9.37. The summed E-state index contributed by atoms with van der Waals surface area (Å²) in [6.45, 7) is 5.49. The van der Waals surface area contributed by atoms with Crippen LogP contribution in [0.15, 0.2) is 29.4 Å². The minimum atomic E-state index is -0.360. The Morgan fingerprint density at radius 1 is 1.36 bits per heavy atom. The zero-order valence-electron chi connectivity index (χ0n) is 14.2. The Bertz CT molecular complexity index is 754. The first-order chi connectivity index (χ1) is 11.7. The quantitative estimate of drug-likeness (QED) is 0.382. The van der Waals surface area contributed by atoms with E-state index in [-0.39, 0.29) is 36.3 Å². The third kappa shape index (κ3) is 6.59. The molecular formula is C17H21FIN5S. The number of aryl methyl sites for hydroxylation is 1. The molecule has 8 heteroatoms. The molecule has 2 aromatic rings. The lowest BCUT2D eigenvalue weighted by molar-refractivity contribution is 0.610. The molecule has 1 aromatic carbocycles. The van der Waals surface area contributed by atoms with Gasteiger partial charge in [-0.15, -0.1) is 35.3 Å². The Morgan fingerprint density at radius 3 is 2.80 bits per heavy atom. The number of nitrogens with zero attached hydrogens (tertiary/aromatic N) is 3. The van der Waals surface area contributed by atoms with Crippen LogP contribution in [0.3, 0.4) is 0 Å². The molecule has 0 spiro atoms. The van der Waals surface area contributed by atoms with Crippen LogP contribution in [0.1, 0.15) is 34.9 Å². The van der Waals surface area contributed by atoms with Crippen LogP contribution >= 0.6 is 35.3 Å². The van der Waals surface area contributed by atoms with Gasteiger partial charge in [-0.05, 0) is 31.5 Å². The van der Waals surface area contributed by atoms with Crippen LogP contribution in [-0.2, 0) is 19.5 Å². The Hall–Kier alpha value is -1.73. The van der Waals surface area contributed by atoms with E-state index in [0.717, 1.165) is 11.4 Å². The number of halogens is 2. The predicted molar refractivity (Wildman–Crippen MR) is 110 cm³/mol. The average Bonchev–Trinajstić information content (AvgIpc) is 3.06. The zero-order valence-corrected chi connectivity index (χ0v) is 17.3. The Morgan fingerprint density at radius 2 is 2.16 bits per heavy atom. The molecule has 0 aliphatic rings. The highest BCUT2D eigenvalue weighted by Gasteiger charge is 2.05. The maximum absolute atomic E-state index is 13.8. The molecule has 5 nitrogen and oxygen atoms in total. The molecule has 2 rings (SSSR count). The number of aromatic nitrogens is 1. The standard InChI is InChI=1S/C17H20FN5S.HI/c1-3-14-10-21-16(24-14)11-23-17(20-4-2)22-9-13-7-12(8-19)5-6-15(13)18;/h5-7,10H,3-4,9,11H2,1-2H3,(H2,20,22,23);1H. The molecule has 0 saturated heterocycles. The molecule has 0 bridgehead atoms. The van der Waals surface area contributed by atoms with Crippen molar-refractivity contribution in [2.45, 2.75) is 33.4 Å². The molecule has 134 valence electrons. The Balaban J connectivity index is 0.00000312. The molecule has 0 atom stereocenters. The summed E-state index contributed by atoms with van der Waals surface area (Å²) < 4.78 is 13.8. The number of benzene rings is 1. The molecule has 25 heavy (non-hydrogen) atoms. The first-order valence-electron chi connectivity index (χ1n) is 7.80. The van der Waals surface area contributed by atoms with Crippen molar-refractivity contribution in [2.75, 3.05) is 6.54 Å². The normalized spacial score (nSPS) is 10.7. The lowest BCUT2D eigenvalue weighted by Gasteiger charge is -2.10. The summed E-state index contributed by atoms with van der Waals surface area (Å²) in [5.41, 5.74) is 0.822. The highest BCUT2D eigenvalue weighted by atomic mass is 127. The maximum atomic E-state index is 13.8. The third-order valence-electron chi connectivity index (χ3n) is 3.28. The molecule has 0 aliphatic heterocycles. The molecular weight excluding hydrogens is 452 g/mol. The van der Waals surface area contributed by atoms with Crippen LogP contribution in [0, 0.1) is 17.1 Å².